The first-order valence-corrected chi connectivity index (χ1v) is 12.2. The summed E-state index contributed by atoms with van der Waals surface area (Å²) in [6, 6.07) is 18.2. The molecular weight excluding hydrogens is 523 g/mol. The molecule has 0 saturated carbocycles. The van der Waals surface area contributed by atoms with E-state index in [4.69, 9.17) is 23.2 Å². The minimum atomic E-state index is -3.97. The number of amides is 1. The minimum Gasteiger partial charge on any atom is -0.350 e. The van der Waals surface area contributed by atoms with E-state index < -0.39 is 22.5 Å². The monoisotopic (exact) mass is 540 g/mol. The number of rotatable bonds is 7. The second-order valence-electron chi connectivity index (χ2n) is 6.82. The molecule has 0 atom stereocenters. The van der Waals surface area contributed by atoms with Crippen LogP contribution < -0.4 is 9.62 Å². The van der Waals surface area contributed by atoms with Gasteiger partial charge in [0.1, 0.15) is 6.54 Å². The second kappa shape index (κ2) is 10.0. The molecule has 162 valence electrons. The number of nitrogens with one attached hydrogen (secondary N) is 1. The van der Waals surface area contributed by atoms with Crippen LogP contribution >= 0.6 is 39.1 Å². The number of sulfonamides is 1. The van der Waals surface area contributed by atoms with Gasteiger partial charge >= 0.3 is 0 Å². The van der Waals surface area contributed by atoms with E-state index in [1.54, 1.807) is 54.6 Å². The van der Waals surface area contributed by atoms with Crippen LogP contribution in [0, 0.1) is 6.92 Å². The minimum absolute atomic E-state index is 0.103. The van der Waals surface area contributed by atoms with Crippen LogP contribution in [0.15, 0.2) is 76.1 Å². The van der Waals surface area contributed by atoms with Gasteiger partial charge in [-0.3, -0.25) is 9.10 Å². The fraction of sp³-hybridized carbons (Fsp3) is 0.136. The van der Waals surface area contributed by atoms with E-state index in [0.717, 1.165) is 9.87 Å². The van der Waals surface area contributed by atoms with Gasteiger partial charge in [0.2, 0.25) is 5.91 Å². The molecule has 1 N–H and O–H groups in total. The van der Waals surface area contributed by atoms with Crippen molar-refractivity contribution in [3.05, 3.63) is 92.4 Å². The zero-order valence-corrected chi connectivity index (χ0v) is 20.4. The van der Waals surface area contributed by atoms with Crippen molar-refractivity contribution in [2.24, 2.45) is 0 Å². The molecular formula is C22H19BrCl2N2O3S. The molecule has 0 aliphatic heterocycles. The van der Waals surface area contributed by atoms with E-state index >= 15 is 0 Å². The van der Waals surface area contributed by atoms with E-state index in [2.05, 4.69) is 21.2 Å². The highest BCUT2D eigenvalue weighted by atomic mass is 79.9. The lowest BCUT2D eigenvalue weighted by molar-refractivity contribution is -0.119. The van der Waals surface area contributed by atoms with E-state index in [9.17, 15) is 13.2 Å². The van der Waals surface area contributed by atoms with E-state index in [-0.39, 0.29) is 11.4 Å². The Kier molecular flexibility index (Phi) is 7.64. The number of aryl methyl sites for hydroxylation is 1. The quantitative estimate of drug-likeness (QED) is 0.425. The Morgan fingerprint density at radius 2 is 1.74 bits per heavy atom. The van der Waals surface area contributed by atoms with Crippen LogP contribution in [-0.2, 0) is 21.4 Å². The average Bonchev–Trinajstić information content (AvgIpc) is 2.71. The first kappa shape index (κ1) is 23.6. The second-order valence-corrected chi connectivity index (χ2v) is 10.4. The highest BCUT2D eigenvalue weighted by Crippen LogP contribution is 2.26. The van der Waals surface area contributed by atoms with Crippen LogP contribution in [0.4, 0.5) is 5.69 Å². The van der Waals surface area contributed by atoms with E-state index in [1.165, 1.54) is 12.1 Å². The zero-order chi connectivity index (χ0) is 22.6. The van der Waals surface area contributed by atoms with Crippen LogP contribution in [0.1, 0.15) is 11.1 Å². The fourth-order valence-corrected chi connectivity index (χ4v) is 5.10. The number of anilines is 1. The van der Waals surface area contributed by atoms with Crippen molar-refractivity contribution in [2.75, 3.05) is 10.8 Å². The van der Waals surface area contributed by atoms with Crippen molar-refractivity contribution in [3.8, 4) is 0 Å². The van der Waals surface area contributed by atoms with Crippen LogP contribution in [0.5, 0.6) is 0 Å². The van der Waals surface area contributed by atoms with Gasteiger partial charge in [0.15, 0.2) is 0 Å². The molecule has 0 fully saturated rings. The lowest BCUT2D eigenvalue weighted by Crippen LogP contribution is -2.40. The Morgan fingerprint density at radius 3 is 2.39 bits per heavy atom. The average molecular weight is 542 g/mol. The van der Waals surface area contributed by atoms with Crippen molar-refractivity contribution >= 4 is 60.7 Å². The molecule has 31 heavy (non-hydrogen) atoms. The highest BCUT2D eigenvalue weighted by molar-refractivity contribution is 9.10. The predicted octanol–water partition coefficient (Wildman–Crippen LogP) is 5.58. The van der Waals surface area contributed by atoms with Gasteiger partial charge in [-0.2, -0.15) is 0 Å². The van der Waals surface area contributed by atoms with Crippen LogP contribution in [0.3, 0.4) is 0 Å². The third-order valence-corrected chi connectivity index (χ3v) is 7.35. The Hall–Kier alpha value is -2.06. The number of halogens is 3. The molecule has 0 unspecified atom stereocenters. The molecule has 0 bridgehead atoms. The first-order chi connectivity index (χ1) is 14.7. The lowest BCUT2D eigenvalue weighted by atomic mass is 10.2. The standard InChI is InChI=1S/C22H19BrCl2N2O3S/c1-15-5-9-20(10-6-15)31(29,30)27(19-4-2-3-17(23)11-19)14-22(28)26-13-16-7-8-18(24)12-21(16)25/h2-12H,13-14H2,1H3,(H,26,28). The molecule has 3 aromatic rings. The summed E-state index contributed by atoms with van der Waals surface area (Å²) in [6.07, 6.45) is 0. The molecule has 0 aliphatic rings. The summed E-state index contributed by atoms with van der Waals surface area (Å²) in [6.45, 7) is 1.63. The number of hydrogen-bond acceptors (Lipinski definition) is 3. The number of carbonyl (C=O) groups excluding carboxylic acids is 1. The van der Waals surface area contributed by atoms with Gasteiger partial charge in [0.05, 0.1) is 10.6 Å². The number of carbonyl (C=O) groups is 1. The van der Waals surface area contributed by atoms with Crippen molar-refractivity contribution < 1.29 is 13.2 Å². The molecule has 0 saturated heterocycles. The maximum absolute atomic E-state index is 13.4. The smallest absolute Gasteiger partial charge is 0.264 e. The molecule has 3 aromatic carbocycles. The number of nitrogens with zero attached hydrogens (tertiary/aromatic N) is 1. The molecule has 3 rings (SSSR count). The summed E-state index contributed by atoms with van der Waals surface area (Å²) in [7, 11) is -3.97. The van der Waals surface area contributed by atoms with E-state index in [1.807, 2.05) is 6.92 Å². The molecule has 0 radical (unpaired) electrons. The molecule has 5 nitrogen and oxygen atoms in total. The molecule has 1 amide bonds. The predicted molar refractivity (Wildman–Crippen MR) is 128 cm³/mol. The lowest BCUT2D eigenvalue weighted by Gasteiger charge is -2.24. The topological polar surface area (TPSA) is 66.5 Å². The van der Waals surface area contributed by atoms with Gasteiger partial charge < -0.3 is 5.32 Å². The molecule has 0 spiro atoms. The van der Waals surface area contributed by atoms with Crippen LogP contribution in [-0.4, -0.2) is 20.9 Å². The maximum Gasteiger partial charge on any atom is 0.264 e. The largest absolute Gasteiger partial charge is 0.350 e. The summed E-state index contributed by atoms with van der Waals surface area (Å²) in [5, 5.41) is 3.63. The molecule has 9 heteroatoms. The van der Waals surface area contributed by atoms with Crippen LogP contribution in [0.25, 0.3) is 0 Å². The van der Waals surface area contributed by atoms with Crippen molar-refractivity contribution in [1.29, 1.82) is 0 Å². The third-order valence-electron chi connectivity index (χ3n) is 4.48. The molecule has 0 aromatic heterocycles. The third kappa shape index (κ3) is 6.01. The Bertz CT molecular complexity index is 1200. The Morgan fingerprint density at radius 1 is 1.03 bits per heavy atom. The normalized spacial score (nSPS) is 11.2. The van der Waals surface area contributed by atoms with Gasteiger partial charge in [-0.15, -0.1) is 0 Å². The van der Waals surface area contributed by atoms with E-state index in [0.29, 0.717) is 25.8 Å². The summed E-state index contributed by atoms with van der Waals surface area (Å²) in [4.78, 5) is 12.8. The first-order valence-electron chi connectivity index (χ1n) is 9.22. The molecule has 0 aliphatic carbocycles. The molecule has 0 heterocycles. The van der Waals surface area contributed by atoms with Crippen molar-refractivity contribution in [3.63, 3.8) is 0 Å². The van der Waals surface area contributed by atoms with Gasteiger partial charge in [0, 0.05) is 21.1 Å². The van der Waals surface area contributed by atoms with Gasteiger partial charge in [-0.1, -0.05) is 69.0 Å². The van der Waals surface area contributed by atoms with Crippen molar-refractivity contribution in [1.82, 2.24) is 5.32 Å². The SMILES string of the molecule is Cc1ccc(S(=O)(=O)N(CC(=O)NCc2ccc(Cl)cc2Cl)c2cccc(Br)c2)cc1. The number of hydrogen-bond donors (Lipinski definition) is 1. The summed E-state index contributed by atoms with van der Waals surface area (Å²) in [5.41, 5.74) is 1.98. The van der Waals surface area contributed by atoms with Crippen molar-refractivity contribution in [2.45, 2.75) is 18.4 Å². The Balaban J connectivity index is 1.86. The van der Waals surface area contributed by atoms with Crippen LogP contribution in [0.2, 0.25) is 10.0 Å². The van der Waals surface area contributed by atoms with Gasteiger partial charge in [-0.05, 0) is 55.0 Å². The highest BCUT2D eigenvalue weighted by Gasteiger charge is 2.27. The summed E-state index contributed by atoms with van der Waals surface area (Å²) >= 11 is 15.4. The van der Waals surface area contributed by atoms with Gasteiger partial charge in [0.25, 0.3) is 10.0 Å². The number of benzene rings is 3. The summed E-state index contributed by atoms with van der Waals surface area (Å²) < 4.78 is 28.5. The maximum atomic E-state index is 13.4. The zero-order valence-electron chi connectivity index (χ0n) is 16.5. The summed E-state index contributed by atoms with van der Waals surface area (Å²) in [5.74, 6) is -0.471. The fourth-order valence-electron chi connectivity index (χ4n) is 2.83. The Labute approximate surface area is 200 Å². The van der Waals surface area contributed by atoms with Gasteiger partial charge in [-0.25, -0.2) is 8.42 Å².